The molecule has 0 heterocycles. The highest BCUT2D eigenvalue weighted by Crippen LogP contribution is 2.20. The fraction of sp³-hybridized carbons (Fsp3) is 0.364. The van der Waals surface area contributed by atoms with Gasteiger partial charge in [0.1, 0.15) is 5.82 Å². The summed E-state index contributed by atoms with van der Waals surface area (Å²) < 4.78 is 13.3. The lowest BCUT2D eigenvalue weighted by Gasteiger charge is -2.22. The molecule has 0 N–H and O–H groups in total. The first-order valence-electron chi connectivity index (χ1n) is 4.48. The minimum absolute atomic E-state index is 0.0733. The van der Waals surface area contributed by atoms with Crippen LogP contribution in [0.1, 0.15) is 18.5 Å². The van der Waals surface area contributed by atoms with Crippen molar-refractivity contribution >= 4 is 0 Å². The van der Waals surface area contributed by atoms with E-state index in [9.17, 15) is 4.39 Å². The largest absolute Gasteiger partial charge is 0.287 e. The zero-order valence-corrected chi connectivity index (χ0v) is 8.37. The van der Waals surface area contributed by atoms with E-state index in [0.29, 0.717) is 12.1 Å². The average Bonchev–Trinajstić information content (AvgIpc) is 2.18. The topological polar surface area (TPSA) is 27.0 Å². The van der Waals surface area contributed by atoms with Crippen LogP contribution in [0.2, 0.25) is 0 Å². The Bertz CT molecular complexity index is 343. The summed E-state index contributed by atoms with van der Waals surface area (Å²) in [7, 11) is 1.81. The molecule has 0 spiro atoms. The molecule has 0 aliphatic carbocycles. The van der Waals surface area contributed by atoms with E-state index < -0.39 is 0 Å². The highest BCUT2D eigenvalue weighted by atomic mass is 19.1. The second-order valence-corrected chi connectivity index (χ2v) is 3.27. The van der Waals surface area contributed by atoms with Crippen LogP contribution in [0.3, 0.4) is 0 Å². The van der Waals surface area contributed by atoms with Crippen molar-refractivity contribution in [2.24, 2.45) is 0 Å². The van der Waals surface area contributed by atoms with Crippen LogP contribution in [0, 0.1) is 17.1 Å². The van der Waals surface area contributed by atoms with Crippen molar-refractivity contribution < 1.29 is 4.39 Å². The van der Waals surface area contributed by atoms with Crippen molar-refractivity contribution in [3.05, 3.63) is 35.6 Å². The standard InChI is InChI=1S/C11H13FN2/c1-9(14(2)8-7-13)10-5-3-4-6-11(10)12/h3-6,9H,8H2,1-2H3. The Morgan fingerprint density at radius 2 is 2.14 bits per heavy atom. The minimum atomic E-state index is -0.218. The third-order valence-electron chi connectivity index (χ3n) is 2.34. The number of nitriles is 1. The Morgan fingerprint density at radius 1 is 1.50 bits per heavy atom. The second kappa shape index (κ2) is 4.73. The van der Waals surface area contributed by atoms with E-state index in [1.54, 1.807) is 30.1 Å². The monoisotopic (exact) mass is 192 g/mol. The van der Waals surface area contributed by atoms with Gasteiger partial charge in [0, 0.05) is 11.6 Å². The molecule has 0 saturated heterocycles. The quantitative estimate of drug-likeness (QED) is 0.687. The SMILES string of the molecule is CC(c1ccccc1F)N(C)CC#N. The maximum absolute atomic E-state index is 13.3. The van der Waals surface area contributed by atoms with E-state index in [2.05, 4.69) is 0 Å². The Labute approximate surface area is 83.6 Å². The Balaban J connectivity index is 2.84. The van der Waals surface area contributed by atoms with Gasteiger partial charge in [-0.2, -0.15) is 5.26 Å². The Kier molecular flexibility index (Phi) is 3.61. The van der Waals surface area contributed by atoms with Crippen LogP contribution in [-0.2, 0) is 0 Å². The van der Waals surface area contributed by atoms with Crippen LogP contribution in [0.15, 0.2) is 24.3 Å². The van der Waals surface area contributed by atoms with E-state index in [0.717, 1.165) is 0 Å². The number of nitrogens with zero attached hydrogens (tertiary/aromatic N) is 2. The summed E-state index contributed by atoms with van der Waals surface area (Å²) >= 11 is 0. The summed E-state index contributed by atoms with van der Waals surface area (Å²) in [6.45, 7) is 2.19. The van der Waals surface area contributed by atoms with Crippen LogP contribution in [0.5, 0.6) is 0 Å². The van der Waals surface area contributed by atoms with Crippen LogP contribution in [0.25, 0.3) is 0 Å². The summed E-state index contributed by atoms with van der Waals surface area (Å²) in [4.78, 5) is 1.80. The lowest BCUT2D eigenvalue weighted by atomic mass is 10.1. The molecule has 1 atom stereocenters. The highest BCUT2D eigenvalue weighted by Gasteiger charge is 2.14. The van der Waals surface area contributed by atoms with E-state index in [4.69, 9.17) is 5.26 Å². The van der Waals surface area contributed by atoms with Crippen molar-refractivity contribution in [2.45, 2.75) is 13.0 Å². The molecule has 3 heteroatoms. The molecule has 14 heavy (non-hydrogen) atoms. The van der Waals surface area contributed by atoms with Gasteiger partial charge in [0.05, 0.1) is 12.6 Å². The van der Waals surface area contributed by atoms with Gasteiger partial charge in [-0.25, -0.2) is 4.39 Å². The summed E-state index contributed by atoms with van der Waals surface area (Å²) in [6, 6.07) is 8.61. The molecule has 0 bridgehead atoms. The van der Waals surface area contributed by atoms with Crippen molar-refractivity contribution in [1.29, 1.82) is 5.26 Å². The van der Waals surface area contributed by atoms with E-state index >= 15 is 0 Å². The molecule has 2 nitrogen and oxygen atoms in total. The first kappa shape index (κ1) is 10.7. The zero-order chi connectivity index (χ0) is 10.6. The van der Waals surface area contributed by atoms with Crippen LogP contribution in [0.4, 0.5) is 4.39 Å². The summed E-state index contributed by atoms with van der Waals surface area (Å²) in [5, 5.41) is 8.52. The number of hydrogen-bond acceptors (Lipinski definition) is 2. The van der Waals surface area contributed by atoms with Gasteiger partial charge < -0.3 is 0 Å². The third-order valence-corrected chi connectivity index (χ3v) is 2.34. The van der Waals surface area contributed by atoms with E-state index in [1.807, 2.05) is 13.0 Å². The predicted octanol–water partition coefficient (Wildman–Crippen LogP) is 2.34. The molecule has 1 aromatic carbocycles. The summed E-state index contributed by atoms with van der Waals surface area (Å²) in [5.74, 6) is -0.218. The fourth-order valence-electron chi connectivity index (χ4n) is 1.30. The maximum Gasteiger partial charge on any atom is 0.127 e. The average molecular weight is 192 g/mol. The Hall–Kier alpha value is -1.40. The van der Waals surface area contributed by atoms with E-state index in [1.165, 1.54) is 6.07 Å². The van der Waals surface area contributed by atoms with Crippen molar-refractivity contribution in [2.75, 3.05) is 13.6 Å². The molecule has 0 radical (unpaired) electrons. The zero-order valence-electron chi connectivity index (χ0n) is 8.37. The molecule has 1 unspecified atom stereocenters. The van der Waals surface area contributed by atoms with Gasteiger partial charge in [0.25, 0.3) is 0 Å². The number of hydrogen-bond donors (Lipinski definition) is 0. The van der Waals surface area contributed by atoms with Crippen LogP contribution < -0.4 is 0 Å². The van der Waals surface area contributed by atoms with Crippen LogP contribution >= 0.6 is 0 Å². The molecule has 0 fully saturated rings. The van der Waals surface area contributed by atoms with Gasteiger partial charge in [-0.05, 0) is 20.0 Å². The van der Waals surface area contributed by atoms with E-state index in [-0.39, 0.29) is 11.9 Å². The molecule has 0 amide bonds. The van der Waals surface area contributed by atoms with Crippen molar-refractivity contribution in [3.63, 3.8) is 0 Å². The van der Waals surface area contributed by atoms with Gasteiger partial charge in [0.2, 0.25) is 0 Å². The maximum atomic E-state index is 13.3. The Morgan fingerprint density at radius 3 is 2.71 bits per heavy atom. The lowest BCUT2D eigenvalue weighted by molar-refractivity contribution is 0.286. The second-order valence-electron chi connectivity index (χ2n) is 3.27. The first-order chi connectivity index (χ1) is 6.66. The number of benzene rings is 1. The fourth-order valence-corrected chi connectivity index (χ4v) is 1.30. The minimum Gasteiger partial charge on any atom is -0.287 e. The normalized spacial score (nSPS) is 12.5. The molecule has 0 aliphatic rings. The van der Waals surface area contributed by atoms with Crippen molar-refractivity contribution in [1.82, 2.24) is 4.90 Å². The number of halogens is 1. The smallest absolute Gasteiger partial charge is 0.127 e. The first-order valence-corrected chi connectivity index (χ1v) is 4.48. The van der Waals surface area contributed by atoms with Gasteiger partial charge in [-0.3, -0.25) is 4.90 Å². The third kappa shape index (κ3) is 2.30. The van der Waals surface area contributed by atoms with Gasteiger partial charge in [-0.1, -0.05) is 18.2 Å². The summed E-state index contributed by atoms with van der Waals surface area (Å²) in [6.07, 6.45) is 0. The number of rotatable bonds is 3. The molecule has 1 aromatic rings. The van der Waals surface area contributed by atoms with Crippen molar-refractivity contribution in [3.8, 4) is 6.07 Å². The van der Waals surface area contributed by atoms with Gasteiger partial charge in [-0.15, -0.1) is 0 Å². The van der Waals surface area contributed by atoms with Gasteiger partial charge >= 0.3 is 0 Å². The molecule has 0 aliphatic heterocycles. The lowest BCUT2D eigenvalue weighted by Crippen LogP contribution is -2.23. The molecule has 0 saturated carbocycles. The molecule has 74 valence electrons. The summed E-state index contributed by atoms with van der Waals surface area (Å²) in [5.41, 5.74) is 0.630. The predicted molar refractivity (Wildman–Crippen MR) is 53.1 cm³/mol. The molecule has 1 rings (SSSR count). The molecular weight excluding hydrogens is 179 g/mol. The highest BCUT2D eigenvalue weighted by molar-refractivity contribution is 5.20. The molecular formula is C11H13FN2. The van der Waals surface area contributed by atoms with Gasteiger partial charge in [0.15, 0.2) is 0 Å². The molecule has 0 aromatic heterocycles. The van der Waals surface area contributed by atoms with Crippen LogP contribution in [-0.4, -0.2) is 18.5 Å².